The fourth-order valence-corrected chi connectivity index (χ4v) is 1.15. The molecule has 0 bridgehead atoms. The van der Waals surface area contributed by atoms with Crippen molar-refractivity contribution < 1.29 is 17.7 Å². The second-order valence-corrected chi connectivity index (χ2v) is 2.86. The Morgan fingerprint density at radius 3 is 2.20 bits per heavy atom. The van der Waals surface area contributed by atoms with Crippen molar-refractivity contribution in [3.05, 3.63) is 35.8 Å². The molecule has 2 rings (SSSR count). The van der Waals surface area contributed by atoms with E-state index in [1.807, 2.05) is 0 Å². The molecule has 6 heteroatoms. The number of benzene rings is 1. The summed E-state index contributed by atoms with van der Waals surface area (Å²) < 4.78 is 43.0. The molecule has 2 aromatic rings. The van der Waals surface area contributed by atoms with E-state index in [1.54, 1.807) is 0 Å². The molecule has 0 amide bonds. The van der Waals surface area contributed by atoms with E-state index in [0.717, 1.165) is 12.1 Å². The summed E-state index contributed by atoms with van der Waals surface area (Å²) in [5.41, 5.74) is 5.54. The molecule has 0 spiro atoms. The smallest absolute Gasteiger partial charge is 0.194 e. The molecule has 0 aliphatic heterocycles. The molecule has 2 N–H and O–H groups in total. The topological polar surface area (TPSA) is 52.0 Å². The van der Waals surface area contributed by atoms with E-state index in [0.29, 0.717) is 0 Å². The molecule has 78 valence electrons. The van der Waals surface area contributed by atoms with Gasteiger partial charge in [-0.15, -0.1) is 0 Å². The Balaban J connectivity index is 2.60. The highest BCUT2D eigenvalue weighted by Crippen LogP contribution is 2.27. The molecule has 0 aliphatic rings. The van der Waals surface area contributed by atoms with Crippen LogP contribution in [0.3, 0.4) is 0 Å². The number of hydrogen-bond acceptors (Lipinski definition) is 3. The van der Waals surface area contributed by atoms with Gasteiger partial charge in [0.1, 0.15) is 5.69 Å². The fraction of sp³-hybridized carbons (Fsp3) is 0. The fourth-order valence-electron chi connectivity index (χ4n) is 1.15. The van der Waals surface area contributed by atoms with Crippen LogP contribution in [0, 0.1) is 17.5 Å². The lowest BCUT2D eigenvalue weighted by Crippen LogP contribution is -1.92. The highest BCUT2D eigenvalue weighted by Gasteiger charge is 2.15. The highest BCUT2D eigenvalue weighted by atomic mass is 19.2. The Kier molecular flexibility index (Phi) is 2.11. The molecule has 15 heavy (non-hydrogen) atoms. The summed E-state index contributed by atoms with van der Waals surface area (Å²) in [4.78, 5) is 0. The van der Waals surface area contributed by atoms with Gasteiger partial charge in [0.2, 0.25) is 0 Å². The van der Waals surface area contributed by atoms with Gasteiger partial charge >= 0.3 is 0 Å². The minimum atomic E-state index is -1.53. The number of nitrogens with two attached hydrogens (primary N) is 1. The Labute approximate surface area is 82.3 Å². The van der Waals surface area contributed by atoms with Crippen molar-refractivity contribution in [1.82, 2.24) is 5.16 Å². The molecule has 0 saturated heterocycles. The zero-order valence-corrected chi connectivity index (χ0v) is 7.30. The van der Waals surface area contributed by atoms with Crippen LogP contribution in [0.1, 0.15) is 0 Å². The van der Waals surface area contributed by atoms with Gasteiger partial charge in [-0.2, -0.15) is 0 Å². The third-order valence-corrected chi connectivity index (χ3v) is 1.84. The Bertz CT molecular complexity index is 487. The first-order chi connectivity index (χ1) is 7.09. The Morgan fingerprint density at radius 1 is 1.13 bits per heavy atom. The minimum Gasteiger partial charge on any atom is -0.394 e. The monoisotopic (exact) mass is 214 g/mol. The van der Waals surface area contributed by atoms with Gasteiger partial charge in [-0.25, -0.2) is 13.2 Å². The van der Waals surface area contributed by atoms with Crippen LogP contribution in [0.2, 0.25) is 0 Å². The average Bonchev–Trinajstić information content (AvgIpc) is 2.60. The Morgan fingerprint density at radius 2 is 1.73 bits per heavy atom. The van der Waals surface area contributed by atoms with Gasteiger partial charge in [-0.3, -0.25) is 0 Å². The van der Waals surface area contributed by atoms with E-state index in [2.05, 4.69) is 9.68 Å². The predicted molar refractivity (Wildman–Crippen MR) is 46.2 cm³/mol. The van der Waals surface area contributed by atoms with Gasteiger partial charge in [-0.05, 0) is 12.1 Å². The molecule has 1 aromatic heterocycles. The van der Waals surface area contributed by atoms with E-state index in [-0.39, 0.29) is 17.0 Å². The number of halogens is 3. The number of nitrogen functional groups attached to an aromatic ring is 1. The van der Waals surface area contributed by atoms with Gasteiger partial charge < -0.3 is 10.3 Å². The SMILES string of the molecule is Nc1cnoc1-c1cc(F)c(F)c(F)c1. The standard InChI is InChI=1S/C9H5F3N2O/c10-5-1-4(2-6(11)8(5)12)9-7(13)3-14-15-9/h1-3H,13H2. The van der Waals surface area contributed by atoms with Gasteiger partial charge in [0.25, 0.3) is 0 Å². The quantitative estimate of drug-likeness (QED) is 0.741. The maximum Gasteiger partial charge on any atom is 0.194 e. The van der Waals surface area contributed by atoms with Crippen LogP contribution in [-0.2, 0) is 0 Å². The maximum absolute atomic E-state index is 12.8. The molecular formula is C9H5F3N2O. The molecule has 1 aromatic carbocycles. The van der Waals surface area contributed by atoms with Crippen molar-refractivity contribution in [3.63, 3.8) is 0 Å². The summed E-state index contributed by atoms with van der Waals surface area (Å²) in [6, 6.07) is 1.57. The summed E-state index contributed by atoms with van der Waals surface area (Å²) in [6.07, 6.45) is 1.19. The molecule has 0 radical (unpaired) electrons. The molecule has 1 heterocycles. The first-order valence-electron chi connectivity index (χ1n) is 3.94. The predicted octanol–water partition coefficient (Wildman–Crippen LogP) is 2.34. The second kappa shape index (κ2) is 3.30. The normalized spacial score (nSPS) is 10.6. The summed E-state index contributed by atoms with van der Waals surface area (Å²) in [6.45, 7) is 0. The maximum atomic E-state index is 12.8. The molecule has 0 unspecified atom stereocenters. The van der Waals surface area contributed by atoms with Crippen molar-refractivity contribution in [1.29, 1.82) is 0 Å². The van der Waals surface area contributed by atoms with Crippen molar-refractivity contribution in [3.8, 4) is 11.3 Å². The number of nitrogens with zero attached hydrogens (tertiary/aromatic N) is 1. The van der Waals surface area contributed by atoms with Gasteiger partial charge in [0.05, 0.1) is 6.20 Å². The van der Waals surface area contributed by atoms with E-state index in [1.165, 1.54) is 6.20 Å². The summed E-state index contributed by atoms with van der Waals surface area (Å²) in [7, 11) is 0. The lowest BCUT2D eigenvalue weighted by Gasteiger charge is -2.00. The third-order valence-electron chi connectivity index (χ3n) is 1.84. The van der Waals surface area contributed by atoms with E-state index >= 15 is 0 Å². The largest absolute Gasteiger partial charge is 0.394 e. The van der Waals surface area contributed by atoms with E-state index in [9.17, 15) is 13.2 Å². The third kappa shape index (κ3) is 1.54. The van der Waals surface area contributed by atoms with Crippen LogP contribution in [0.5, 0.6) is 0 Å². The zero-order valence-electron chi connectivity index (χ0n) is 7.30. The lowest BCUT2D eigenvalue weighted by molar-refractivity contribution is 0.427. The van der Waals surface area contributed by atoms with E-state index in [4.69, 9.17) is 5.73 Å². The van der Waals surface area contributed by atoms with Crippen LogP contribution in [0.15, 0.2) is 22.9 Å². The van der Waals surface area contributed by atoms with Gasteiger partial charge in [0.15, 0.2) is 23.2 Å². The summed E-state index contributed by atoms with van der Waals surface area (Å²) >= 11 is 0. The van der Waals surface area contributed by atoms with Crippen molar-refractivity contribution in [2.45, 2.75) is 0 Å². The summed E-state index contributed by atoms with van der Waals surface area (Å²) in [5.74, 6) is -4.13. The van der Waals surface area contributed by atoms with Crippen LogP contribution >= 0.6 is 0 Å². The highest BCUT2D eigenvalue weighted by molar-refractivity contribution is 5.69. The molecule has 0 atom stereocenters. The molecule has 3 nitrogen and oxygen atoms in total. The molecule has 0 aliphatic carbocycles. The first kappa shape index (κ1) is 9.57. The first-order valence-corrected chi connectivity index (χ1v) is 3.94. The average molecular weight is 214 g/mol. The minimum absolute atomic E-state index is 0.00130. The number of rotatable bonds is 1. The second-order valence-electron chi connectivity index (χ2n) is 2.86. The van der Waals surface area contributed by atoms with Gasteiger partial charge in [-0.1, -0.05) is 5.16 Å². The summed E-state index contributed by atoms with van der Waals surface area (Å²) in [5, 5.41) is 3.34. The van der Waals surface area contributed by atoms with Crippen molar-refractivity contribution in [2.24, 2.45) is 0 Å². The molecule has 0 fully saturated rings. The van der Waals surface area contributed by atoms with E-state index < -0.39 is 17.5 Å². The van der Waals surface area contributed by atoms with Crippen molar-refractivity contribution >= 4 is 5.69 Å². The van der Waals surface area contributed by atoms with Crippen molar-refractivity contribution in [2.75, 3.05) is 5.73 Å². The number of aromatic nitrogens is 1. The molecule has 0 saturated carbocycles. The van der Waals surface area contributed by atoms with Crippen LogP contribution in [0.4, 0.5) is 18.9 Å². The Hall–Kier alpha value is -1.98. The zero-order chi connectivity index (χ0) is 11.0. The van der Waals surface area contributed by atoms with Crippen LogP contribution < -0.4 is 5.73 Å². The molecular weight excluding hydrogens is 209 g/mol. The number of anilines is 1. The van der Waals surface area contributed by atoms with Gasteiger partial charge in [0, 0.05) is 5.56 Å². The van der Waals surface area contributed by atoms with Crippen LogP contribution in [0.25, 0.3) is 11.3 Å². The number of hydrogen-bond donors (Lipinski definition) is 1. The van der Waals surface area contributed by atoms with Crippen LogP contribution in [-0.4, -0.2) is 5.16 Å². The lowest BCUT2D eigenvalue weighted by atomic mass is 10.1.